The van der Waals surface area contributed by atoms with Crippen LogP contribution >= 0.6 is 0 Å². The fraction of sp³-hybridized carbons (Fsp3) is 0.636. The quantitative estimate of drug-likeness (QED) is 0.356. The minimum atomic E-state index is -0.223. The van der Waals surface area contributed by atoms with E-state index in [0.29, 0.717) is 13.0 Å². The van der Waals surface area contributed by atoms with Crippen molar-refractivity contribution in [2.75, 3.05) is 6.54 Å². The molecule has 0 radical (unpaired) electrons. The van der Waals surface area contributed by atoms with Crippen LogP contribution in [0.25, 0.3) is 0 Å². The van der Waals surface area contributed by atoms with Crippen molar-refractivity contribution < 1.29 is 9.59 Å². The molecule has 0 aromatic carbocycles. The van der Waals surface area contributed by atoms with Crippen molar-refractivity contribution in [2.45, 2.75) is 39.5 Å². The van der Waals surface area contributed by atoms with Crippen LogP contribution in [-0.2, 0) is 9.59 Å². The van der Waals surface area contributed by atoms with E-state index in [0.717, 1.165) is 25.7 Å². The van der Waals surface area contributed by atoms with Crippen molar-refractivity contribution in [1.29, 1.82) is 0 Å². The number of hydrogen-bond acceptors (Lipinski definition) is 2. The Bertz CT molecular complexity index is 199. The Hall–Kier alpha value is -1.12. The molecule has 3 nitrogen and oxygen atoms in total. The Labute approximate surface area is 85.8 Å². The highest BCUT2D eigenvalue weighted by Gasteiger charge is 2.07. The van der Waals surface area contributed by atoms with Crippen LogP contribution in [0.2, 0.25) is 0 Å². The van der Waals surface area contributed by atoms with Gasteiger partial charge in [-0.15, -0.1) is 0 Å². The maximum absolute atomic E-state index is 11.2. The molecule has 0 atom stereocenters. The average Bonchev–Trinajstić information content (AvgIpc) is 2.18. The van der Waals surface area contributed by atoms with Gasteiger partial charge >= 0.3 is 0 Å². The molecule has 0 bridgehead atoms. The van der Waals surface area contributed by atoms with E-state index in [1.165, 1.54) is 11.0 Å². The van der Waals surface area contributed by atoms with Gasteiger partial charge in [0.2, 0.25) is 6.41 Å². The number of unbranched alkanes of at least 4 members (excludes halogenated alkanes) is 3. The van der Waals surface area contributed by atoms with Gasteiger partial charge in [0, 0.05) is 6.54 Å². The number of carbonyl (C=O) groups excluding carboxylic acids is 2. The van der Waals surface area contributed by atoms with E-state index < -0.39 is 0 Å². The van der Waals surface area contributed by atoms with Crippen molar-refractivity contribution in [3.8, 4) is 0 Å². The monoisotopic (exact) mass is 197 g/mol. The highest BCUT2D eigenvalue weighted by molar-refractivity contribution is 5.94. The number of carbonyl (C=O) groups is 2. The number of imide groups is 1. The molecule has 80 valence electrons. The minimum absolute atomic E-state index is 0.223. The lowest BCUT2D eigenvalue weighted by Gasteiger charge is -2.12. The van der Waals surface area contributed by atoms with E-state index in [1.54, 1.807) is 13.0 Å². The summed E-state index contributed by atoms with van der Waals surface area (Å²) >= 11 is 0. The Morgan fingerprint density at radius 1 is 1.29 bits per heavy atom. The molecule has 0 rings (SSSR count). The van der Waals surface area contributed by atoms with Gasteiger partial charge in [0.25, 0.3) is 5.91 Å². The van der Waals surface area contributed by atoms with Gasteiger partial charge in [-0.3, -0.25) is 14.5 Å². The first kappa shape index (κ1) is 12.9. The maximum atomic E-state index is 11.2. The normalized spacial score (nSPS) is 10.4. The van der Waals surface area contributed by atoms with Crippen LogP contribution < -0.4 is 0 Å². The lowest BCUT2D eigenvalue weighted by atomic mass is 10.2. The highest BCUT2D eigenvalue weighted by Crippen LogP contribution is 2.00. The molecule has 0 spiro atoms. The Kier molecular flexibility index (Phi) is 7.80. The summed E-state index contributed by atoms with van der Waals surface area (Å²) in [4.78, 5) is 23.0. The summed E-state index contributed by atoms with van der Waals surface area (Å²) < 4.78 is 0. The average molecular weight is 197 g/mol. The molecule has 0 saturated carbocycles. The maximum Gasteiger partial charge on any atom is 0.252 e. The van der Waals surface area contributed by atoms with Crippen LogP contribution in [0, 0.1) is 0 Å². The van der Waals surface area contributed by atoms with E-state index >= 15 is 0 Å². The van der Waals surface area contributed by atoms with Crippen LogP contribution in [0.4, 0.5) is 0 Å². The van der Waals surface area contributed by atoms with Crippen molar-refractivity contribution in [3.05, 3.63) is 12.2 Å². The van der Waals surface area contributed by atoms with Gasteiger partial charge < -0.3 is 0 Å². The first-order chi connectivity index (χ1) is 6.76. The predicted molar refractivity (Wildman–Crippen MR) is 56.7 cm³/mol. The third-order valence-corrected chi connectivity index (χ3v) is 1.97. The molecule has 0 saturated heterocycles. The smallest absolute Gasteiger partial charge is 0.252 e. The number of hydrogen-bond donors (Lipinski definition) is 0. The Balaban J connectivity index is 3.79. The van der Waals surface area contributed by atoms with Crippen LogP contribution in [0.1, 0.15) is 39.5 Å². The zero-order valence-corrected chi connectivity index (χ0v) is 9.03. The number of nitrogens with zero attached hydrogens (tertiary/aromatic N) is 1. The molecule has 0 unspecified atom stereocenters. The van der Waals surface area contributed by atoms with E-state index in [4.69, 9.17) is 0 Å². The molecule has 0 aromatic rings. The van der Waals surface area contributed by atoms with E-state index in [-0.39, 0.29) is 5.91 Å². The number of rotatable bonds is 7. The summed E-state index contributed by atoms with van der Waals surface area (Å²) in [5.41, 5.74) is 0. The summed E-state index contributed by atoms with van der Waals surface area (Å²) in [5, 5.41) is 0. The SMILES string of the molecule is C/C=C\C(=O)N(C=O)CCCCCC. The van der Waals surface area contributed by atoms with Gasteiger partial charge in [0.1, 0.15) is 0 Å². The van der Waals surface area contributed by atoms with Crippen molar-refractivity contribution >= 4 is 12.3 Å². The highest BCUT2D eigenvalue weighted by atomic mass is 16.2. The van der Waals surface area contributed by atoms with Crippen LogP contribution in [0.3, 0.4) is 0 Å². The summed E-state index contributed by atoms with van der Waals surface area (Å²) in [6, 6.07) is 0. The molecule has 0 fully saturated rings. The molecule has 0 aliphatic heterocycles. The van der Waals surface area contributed by atoms with Crippen molar-refractivity contribution in [1.82, 2.24) is 4.90 Å². The minimum Gasteiger partial charge on any atom is -0.282 e. The molecular weight excluding hydrogens is 178 g/mol. The second kappa shape index (κ2) is 8.48. The zero-order chi connectivity index (χ0) is 10.8. The van der Waals surface area contributed by atoms with E-state index in [2.05, 4.69) is 6.92 Å². The zero-order valence-electron chi connectivity index (χ0n) is 9.03. The second-order valence-electron chi connectivity index (χ2n) is 3.20. The lowest BCUT2D eigenvalue weighted by molar-refractivity contribution is -0.134. The van der Waals surface area contributed by atoms with Crippen LogP contribution in [0.5, 0.6) is 0 Å². The fourth-order valence-electron chi connectivity index (χ4n) is 1.16. The van der Waals surface area contributed by atoms with Gasteiger partial charge in [0.05, 0.1) is 0 Å². The Morgan fingerprint density at radius 2 is 2.00 bits per heavy atom. The van der Waals surface area contributed by atoms with E-state index in [9.17, 15) is 9.59 Å². The lowest BCUT2D eigenvalue weighted by Crippen LogP contribution is -2.28. The summed E-state index contributed by atoms with van der Waals surface area (Å²) in [5.74, 6) is -0.223. The molecule has 14 heavy (non-hydrogen) atoms. The third kappa shape index (κ3) is 5.51. The topological polar surface area (TPSA) is 37.4 Å². The van der Waals surface area contributed by atoms with Gasteiger partial charge in [-0.2, -0.15) is 0 Å². The first-order valence-corrected chi connectivity index (χ1v) is 5.14. The van der Waals surface area contributed by atoms with Gasteiger partial charge in [-0.25, -0.2) is 0 Å². The summed E-state index contributed by atoms with van der Waals surface area (Å²) in [6.07, 6.45) is 7.95. The molecule has 0 aromatic heterocycles. The fourth-order valence-corrected chi connectivity index (χ4v) is 1.16. The van der Waals surface area contributed by atoms with Gasteiger partial charge in [0.15, 0.2) is 0 Å². The summed E-state index contributed by atoms with van der Waals surface area (Å²) in [6.45, 7) is 4.42. The Morgan fingerprint density at radius 3 is 2.50 bits per heavy atom. The number of allylic oxidation sites excluding steroid dienone is 1. The van der Waals surface area contributed by atoms with E-state index in [1.807, 2.05) is 0 Å². The molecule has 0 aliphatic rings. The van der Waals surface area contributed by atoms with Gasteiger partial charge in [-0.05, 0) is 19.4 Å². The molecule has 2 amide bonds. The molecule has 0 heterocycles. The first-order valence-electron chi connectivity index (χ1n) is 5.14. The molecule has 3 heteroatoms. The predicted octanol–water partition coefficient (Wildman–Crippen LogP) is 2.13. The molecule has 0 aliphatic carbocycles. The number of amides is 2. The van der Waals surface area contributed by atoms with Crippen LogP contribution in [-0.4, -0.2) is 23.8 Å². The molecular formula is C11H19NO2. The van der Waals surface area contributed by atoms with Gasteiger partial charge in [-0.1, -0.05) is 32.3 Å². The summed E-state index contributed by atoms with van der Waals surface area (Å²) in [7, 11) is 0. The van der Waals surface area contributed by atoms with Crippen LogP contribution in [0.15, 0.2) is 12.2 Å². The second-order valence-corrected chi connectivity index (χ2v) is 3.20. The van der Waals surface area contributed by atoms with Crippen molar-refractivity contribution in [3.63, 3.8) is 0 Å². The third-order valence-electron chi connectivity index (χ3n) is 1.97. The molecule has 0 N–H and O–H groups in total. The van der Waals surface area contributed by atoms with Crippen molar-refractivity contribution in [2.24, 2.45) is 0 Å². The largest absolute Gasteiger partial charge is 0.282 e. The standard InChI is InChI=1S/C11H19NO2/c1-3-5-6-7-9-12(10-13)11(14)8-4-2/h4,8,10H,3,5-7,9H2,1-2H3/b8-4-.